The van der Waals surface area contributed by atoms with Crippen LogP contribution in [0.25, 0.3) is 0 Å². The molecule has 242 valence electrons. The van der Waals surface area contributed by atoms with Crippen LogP contribution in [-0.4, -0.2) is 64.4 Å². The Morgan fingerprint density at radius 1 is 1.05 bits per heavy atom. The number of imidazole rings is 1. The first-order valence-electron chi connectivity index (χ1n) is 15.0. The number of carbonyl (C=O) groups is 2. The van der Waals surface area contributed by atoms with Crippen LogP contribution in [0.3, 0.4) is 0 Å². The molecule has 0 spiro atoms. The molecule has 0 saturated heterocycles. The highest BCUT2D eigenvalue weighted by atomic mass is 79.9. The van der Waals surface area contributed by atoms with E-state index in [0.29, 0.717) is 19.2 Å². The summed E-state index contributed by atoms with van der Waals surface area (Å²) < 4.78 is 20.3. The maximum absolute atomic E-state index is 14.2. The molecule has 11 heteroatoms. The second-order valence-corrected chi connectivity index (χ2v) is 20.9. The topological polar surface area (TPSA) is 94.9 Å². The summed E-state index contributed by atoms with van der Waals surface area (Å²) in [5.74, 6) is 1.22. The van der Waals surface area contributed by atoms with Gasteiger partial charge in [0.25, 0.3) is 0 Å². The lowest BCUT2D eigenvalue weighted by molar-refractivity contribution is -0.136. The van der Waals surface area contributed by atoms with Crippen molar-refractivity contribution in [2.45, 2.75) is 131 Å². The van der Waals surface area contributed by atoms with Crippen LogP contribution >= 0.6 is 15.9 Å². The molecular weight excluding hydrogens is 628 g/mol. The molecule has 1 N–H and O–H groups in total. The molecule has 0 aliphatic heterocycles. The molecule has 0 saturated carbocycles. The van der Waals surface area contributed by atoms with Gasteiger partial charge in [-0.2, -0.15) is 0 Å². The van der Waals surface area contributed by atoms with Crippen molar-refractivity contribution in [2.24, 2.45) is 0 Å². The summed E-state index contributed by atoms with van der Waals surface area (Å²) in [6.07, 6.45) is -0.355. The molecule has 2 aromatic rings. The van der Waals surface area contributed by atoms with E-state index in [2.05, 4.69) is 40.9 Å². The van der Waals surface area contributed by atoms with Gasteiger partial charge in [-0.1, -0.05) is 31.8 Å². The van der Waals surface area contributed by atoms with Crippen molar-refractivity contribution in [2.75, 3.05) is 6.61 Å². The van der Waals surface area contributed by atoms with Gasteiger partial charge in [0.15, 0.2) is 0 Å². The van der Waals surface area contributed by atoms with Gasteiger partial charge in [-0.25, -0.2) is 9.78 Å². The first-order chi connectivity index (χ1) is 19.6. The second-order valence-electron chi connectivity index (χ2n) is 14.5. The van der Waals surface area contributed by atoms with E-state index in [1.54, 1.807) is 25.7 Å². The number of hydrogen-bond donors (Lipinski definition) is 1. The molecule has 43 heavy (non-hydrogen) atoms. The first kappa shape index (κ1) is 36.8. The van der Waals surface area contributed by atoms with Gasteiger partial charge >= 0.3 is 6.09 Å². The van der Waals surface area contributed by atoms with Gasteiger partial charge in [0, 0.05) is 27.1 Å². The minimum Gasteiger partial charge on any atom is -0.488 e. The zero-order valence-corrected chi connectivity index (χ0v) is 30.8. The van der Waals surface area contributed by atoms with Crippen molar-refractivity contribution >= 4 is 36.0 Å². The van der Waals surface area contributed by atoms with E-state index in [1.807, 2.05) is 70.4 Å². The van der Waals surface area contributed by atoms with Crippen molar-refractivity contribution in [3.63, 3.8) is 0 Å². The van der Waals surface area contributed by atoms with Crippen LogP contribution < -0.4 is 10.1 Å². The van der Waals surface area contributed by atoms with Gasteiger partial charge in [-0.05, 0) is 102 Å². The summed E-state index contributed by atoms with van der Waals surface area (Å²) >= 11 is 3.66. The maximum Gasteiger partial charge on any atom is 0.408 e. The molecule has 9 nitrogen and oxygen atoms in total. The minimum absolute atomic E-state index is 0.157. The number of amides is 2. The molecule has 0 bridgehead atoms. The third kappa shape index (κ3) is 13.0. The quantitative estimate of drug-likeness (QED) is 0.176. The molecule has 0 radical (unpaired) electrons. The van der Waals surface area contributed by atoms with Crippen LogP contribution in [0.2, 0.25) is 25.7 Å². The maximum atomic E-state index is 14.2. The van der Waals surface area contributed by atoms with Crippen molar-refractivity contribution < 1.29 is 23.8 Å². The van der Waals surface area contributed by atoms with Crippen LogP contribution in [0.4, 0.5) is 4.79 Å². The van der Waals surface area contributed by atoms with E-state index in [9.17, 15) is 9.59 Å². The Morgan fingerprint density at radius 3 is 2.16 bits per heavy atom. The molecule has 0 aliphatic carbocycles. The van der Waals surface area contributed by atoms with E-state index in [-0.39, 0.29) is 30.5 Å². The fourth-order valence-electron chi connectivity index (χ4n) is 4.20. The molecule has 0 fully saturated rings. The largest absolute Gasteiger partial charge is 0.488 e. The molecule has 0 aliphatic rings. The number of aromatic nitrogens is 2. The fourth-order valence-corrected chi connectivity index (χ4v) is 5.35. The Bertz CT molecular complexity index is 1210. The number of benzene rings is 1. The Labute approximate surface area is 268 Å². The number of rotatable bonds is 13. The van der Waals surface area contributed by atoms with Crippen LogP contribution in [0, 0.1) is 6.92 Å². The number of alkyl carbamates (subject to hydrolysis) is 1. The summed E-state index contributed by atoms with van der Waals surface area (Å²) in [6, 6.07) is 7.66. The molecule has 2 rings (SSSR count). The van der Waals surface area contributed by atoms with Gasteiger partial charge in [-0.15, -0.1) is 0 Å². The average Bonchev–Trinajstić information content (AvgIpc) is 3.10. The van der Waals surface area contributed by atoms with E-state index in [1.165, 1.54) is 0 Å². The first-order valence-corrected chi connectivity index (χ1v) is 19.5. The number of nitrogens with one attached hydrogen (secondary N) is 1. The molecule has 1 atom stereocenters. The molecule has 1 heterocycles. The fraction of sp³-hybridized carbons (Fsp3) is 0.656. The standard InChI is InChI=1S/C32H53BrN4O5Si/c1-22(2)36(20-27-34-23(3)28(33)37(27)21-40-17-18-43(10,11)12)29(38)26(35-30(39)42-32(7,8)9)19-24-13-15-25(16-14-24)41-31(4,5)6/h13-16,22,26H,17-21H2,1-12H3,(H,35,39)/t26-/m0/s1. The van der Waals surface area contributed by atoms with Gasteiger partial charge in [0.2, 0.25) is 5.91 Å². The highest BCUT2D eigenvalue weighted by Gasteiger charge is 2.31. The van der Waals surface area contributed by atoms with Crippen molar-refractivity contribution in [1.29, 1.82) is 0 Å². The van der Waals surface area contributed by atoms with E-state index in [0.717, 1.165) is 27.7 Å². The number of hydrogen-bond acceptors (Lipinski definition) is 6. The van der Waals surface area contributed by atoms with Gasteiger partial charge in [0.1, 0.15) is 40.2 Å². The molecule has 0 unspecified atom stereocenters. The number of carbonyl (C=O) groups excluding carboxylic acids is 2. The van der Waals surface area contributed by atoms with Gasteiger partial charge < -0.3 is 24.4 Å². The monoisotopic (exact) mass is 680 g/mol. The zero-order chi connectivity index (χ0) is 32.8. The summed E-state index contributed by atoms with van der Waals surface area (Å²) in [7, 11) is -1.23. The normalized spacial score (nSPS) is 13.2. The third-order valence-electron chi connectivity index (χ3n) is 6.36. The predicted octanol–water partition coefficient (Wildman–Crippen LogP) is 7.32. The van der Waals surface area contributed by atoms with Crippen LogP contribution in [-0.2, 0) is 34.0 Å². The summed E-state index contributed by atoms with van der Waals surface area (Å²) in [5, 5.41) is 2.84. The van der Waals surface area contributed by atoms with Crippen LogP contribution in [0.1, 0.15) is 72.5 Å². The number of ether oxygens (including phenoxy) is 3. The Kier molecular flexibility index (Phi) is 12.9. The smallest absolute Gasteiger partial charge is 0.408 e. The zero-order valence-electron chi connectivity index (χ0n) is 28.3. The third-order valence-corrected chi connectivity index (χ3v) is 9.06. The van der Waals surface area contributed by atoms with Crippen molar-refractivity contribution in [1.82, 2.24) is 19.8 Å². The summed E-state index contributed by atoms with van der Waals surface area (Å²) in [4.78, 5) is 33.6. The lowest BCUT2D eigenvalue weighted by atomic mass is 10.0. The summed E-state index contributed by atoms with van der Waals surface area (Å²) in [5.41, 5.74) is 0.677. The number of halogens is 1. The number of aryl methyl sites for hydroxylation is 1. The molecular formula is C32H53BrN4O5Si. The Morgan fingerprint density at radius 2 is 1.65 bits per heavy atom. The molecule has 1 aromatic carbocycles. The minimum atomic E-state index is -1.23. The number of nitrogens with zero attached hydrogens (tertiary/aromatic N) is 3. The van der Waals surface area contributed by atoms with E-state index >= 15 is 0 Å². The van der Waals surface area contributed by atoms with Crippen molar-refractivity contribution in [3.8, 4) is 5.75 Å². The highest BCUT2D eigenvalue weighted by molar-refractivity contribution is 9.10. The second kappa shape index (κ2) is 15.1. The summed E-state index contributed by atoms with van der Waals surface area (Å²) in [6.45, 7) is 25.4. The molecule has 1 aromatic heterocycles. The van der Waals surface area contributed by atoms with E-state index < -0.39 is 25.8 Å². The lowest BCUT2D eigenvalue weighted by Gasteiger charge is -2.31. The molecule has 2 amide bonds. The Balaban J connectivity index is 2.33. The SMILES string of the molecule is Cc1nc(CN(C(=O)[C@H](Cc2ccc(OC(C)(C)C)cc2)NC(=O)OC(C)(C)C)C(C)C)n(COCC[Si](C)(C)C)c1Br. The van der Waals surface area contributed by atoms with Crippen molar-refractivity contribution in [3.05, 3.63) is 46.0 Å². The highest BCUT2D eigenvalue weighted by Crippen LogP contribution is 2.23. The Hall–Kier alpha value is -2.37. The lowest BCUT2D eigenvalue weighted by Crippen LogP contribution is -2.52. The van der Waals surface area contributed by atoms with E-state index in [4.69, 9.17) is 19.2 Å². The van der Waals surface area contributed by atoms with Gasteiger partial charge in [0.05, 0.1) is 12.2 Å². The van der Waals surface area contributed by atoms with Crippen LogP contribution in [0.5, 0.6) is 5.75 Å². The van der Waals surface area contributed by atoms with Crippen LogP contribution in [0.15, 0.2) is 28.9 Å². The van der Waals surface area contributed by atoms with Gasteiger partial charge in [-0.3, -0.25) is 9.36 Å². The average molecular weight is 682 g/mol. The predicted molar refractivity (Wildman–Crippen MR) is 178 cm³/mol.